The lowest BCUT2D eigenvalue weighted by atomic mass is 9.79. The van der Waals surface area contributed by atoms with E-state index < -0.39 is 0 Å². The Morgan fingerprint density at radius 2 is 0.676 bits per heavy atom. The maximum atomic E-state index is 5.26. The maximum absolute atomic E-state index is 5.26. The zero-order chi connectivity index (χ0) is 47.6. The highest BCUT2D eigenvalue weighted by Gasteiger charge is 2.39. The second-order valence-corrected chi connectivity index (χ2v) is 18.7. The van der Waals surface area contributed by atoms with E-state index in [9.17, 15) is 0 Å². The standard InChI is InChI=1S/C64H45N7/c1-64(2)53-38-21-20-33-46(53)51-39-52(45-32-17-19-35-49(45)63-69-60(42-27-12-6-13-28-42)66-61(70-63)43-29-14-7-15-30-43)57-54(55(51)64)50-37-22-36-47(56(50)71(57)3)44-31-16-18-34-48(44)62-67-58(40-23-8-4-9-24-40)65-59(68-62)41-25-10-5-11-26-41/h4-39H,1-3H3. The molecule has 3 heterocycles. The molecule has 12 aromatic rings. The number of aryl methyl sites for hydroxylation is 1. The fourth-order valence-corrected chi connectivity index (χ4v) is 10.9. The summed E-state index contributed by atoms with van der Waals surface area (Å²) in [6.07, 6.45) is 0. The number of aromatic nitrogens is 7. The molecule has 3 aromatic heterocycles. The molecular formula is C64H45N7. The molecule has 7 heteroatoms. The van der Waals surface area contributed by atoms with E-state index in [1.807, 2.05) is 72.8 Å². The number of benzene rings is 9. The Morgan fingerprint density at radius 3 is 1.14 bits per heavy atom. The minimum atomic E-state index is -0.291. The molecule has 0 N–H and O–H groups in total. The smallest absolute Gasteiger partial charge is 0.164 e. The topological polar surface area (TPSA) is 82.3 Å². The summed E-state index contributed by atoms with van der Waals surface area (Å²) < 4.78 is 2.42. The van der Waals surface area contributed by atoms with Crippen molar-refractivity contribution in [2.45, 2.75) is 19.3 Å². The highest BCUT2D eigenvalue weighted by molar-refractivity contribution is 6.21. The number of para-hydroxylation sites is 1. The fourth-order valence-electron chi connectivity index (χ4n) is 10.9. The van der Waals surface area contributed by atoms with Crippen LogP contribution < -0.4 is 0 Å². The summed E-state index contributed by atoms with van der Waals surface area (Å²) in [5.41, 5.74) is 16.9. The van der Waals surface area contributed by atoms with Crippen molar-refractivity contribution in [3.63, 3.8) is 0 Å². The van der Waals surface area contributed by atoms with Crippen LogP contribution in [0.1, 0.15) is 25.0 Å². The fraction of sp³-hybridized carbons (Fsp3) is 0.0625. The zero-order valence-corrected chi connectivity index (χ0v) is 39.4. The van der Waals surface area contributed by atoms with Gasteiger partial charge in [-0.25, -0.2) is 29.9 Å². The molecule has 7 nitrogen and oxygen atoms in total. The summed E-state index contributed by atoms with van der Waals surface area (Å²) >= 11 is 0. The highest BCUT2D eigenvalue weighted by atomic mass is 15.0. The van der Waals surface area contributed by atoms with E-state index in [0.29, 0.717) is 34.9 Å². The average molecular weight is 912 g/mol. The Kier molecular flexibility index (Phi) is 9.92. The van der Waals surface area contributed by atoms with Gasteiger partial charge in [0, 0.05) is 67.7 Å². The summed E-state index contributed by atoms with van der Waals surface area (Å²) in [5.74, 6) is 3.71. The van der Waals surface area contributed by atoms with Crippen molar-refractivity contribution in [1.82, 2.24) is 34.5 Å². The van der Waals surface area contributed by atoms with E-state index in [1.165, 1.54) is 33.0 Å². The van der Waals surface area contributed by atoms with Gasteiger partial charge in [0.1, 0.15) is 0 Å². The van der Waals surface area contributed by atoms with Crippen LogP contribution in [0, 0.1) is 0 Å². The average Bonchev–Trinajstić information content (AvgIpc) is 3.87. The van der Waals surface area contributed by atoms with E-state index >= 15 is 0 Å². The molecule has 0 saturated carbocycles. The third-order valence-corrected chi connectivity index (χ3v) is 14.1. The molecule has 0 aliphatic heterocycles. The second kappa shape index (κ2) is 16.8. The molecule has 71 heavy (non-hydrogen) atoms. The van der Waals surface area contributed by atoms with Gasteiger partial charge in [-0.15, -0.1) is 0 Å². The summed E-state index contributed by atoms with van der Waals surface area (Å²) in [7, 11) is 2.22. The Labute approximate surface area is 411 Å². The number of nitrogens with zero attached hydrogens (tertiary/aromatic N) is 7. The van der Waals surface area contributed by atoms with E-state index in [-0.39, 0.29) is 5.41 Å². The Balaban J connectivity index is 1.08. The molecule has 9 aromatic carbocycles. The lowest BCUT2D eigenvalue weighted by Gasteiger charge is -2.23. The first-order valence-electron chi connectivity index (χ1n) is 24.0. The van der Waals surface area contributed by atoms with Crippen LogP contribution in [0.5, 0.6) is 0 Å². The Bertz CT molecular complexity index is 3900. The predicted octanol–water partition coefficient (Wildman–Crippen LogP) is 15.3. The normalized spacial score (nSPS) is 12.5. The van der Waals surface area contributed by atoms with Gasteiger partial charge < -0.3 is 4.57 Å². The monoisotopic (exact) mass is 911 g/mol. The van der Waals surface area contributed by atoms with Crippen LogP contribution in [0.4, 0.5) is 0 Å². The van der Waals surface area contributed by atoms with Crippen LogP contribution in [0.3, 0.4) is 0 Å². The SMILES string of the molecule is Cn1c2c(-c3ccccc3-c3nc(-c4ccccc4)nc(-c4ccccc4)n3)cccc2c2c3c(cc(-c4ccccc4-c4nc(-c5ccccc5)nc(-c5ccccc5)n4)c21)-c1ccccc1C3(C)C. The first kappa shape index (κ1) is 41.9. The molecule has 1 aliphatic carbocycles. The van der Waals surface area contributed by atoms with Crippen LogP contribution in [-0.2, 0) is 12.5 Å². The van der Waals surface area contributed by atoms with Crippen molar-refractivity contribution in [2.24, 2.45) is 7.05 Å². The molecule has 0 radical (unpaired) electrons. The van der Waals surface area contributed by atoms with Crippen LogP contribution in [0.25, 0.3) is 124 Å². The van der Waals surface area contributed by atoms with Gasteiger partial charge in [0.25, 0.3) is 0 Å². The minimum absolute atomic E-state index is 0.291. The van der Waals surface area contributed by atoms with E-state index in [2.05, 4.69) is 171 Å². The molecule has 13 rings (SSSR count). The molecule has 0 bridgehead atoms. The Morgan fingerprint density at radius 1 is 0.310 bits per heavy atom. The summed E-state index contributed by atoms with van der Waals surface area (Å²) in [4.78, 5) is 31.0. The van der Waals surface area contributed by atoms with Gasteiger partial charge in [0.05, 0.1) is 11.0 Å². The van der Waals surface area contributed by atoms with Gasteiger partial charge in [0.2, 0.25) is 0 Å². The third-order valence-electron chi connectivity index (χ3n) is 14.1. The quantitative estimate of drug-likeness (QED) is 0.151. The van der Waals surface area contributed by atoms with Gasteiger partial charge in [-0.3, -0.25) is 0 Å². The van der Waals surface area contributed by atoms with Crippen molar-refractivity contribution in [3.05, 3.63) is 230 Å². The number of hydrogen-bond acceptors (Lipinski definition) is 6. The van der Waals surface area contributed by atoms with Crippen LogP contribution in [0.15, 0.2) is 218 Å². The Hall–Kier alpha value is -9.20. The third kappa shape index (κ3) is 6.96. The molecule has 1 aliphatic rings. The molecular weight excluding hydrogens is 867 g/mol. The first-order chi connectivity index (χ1) is 34.9. The molecule has 0 unspecified atom stereocenters. The van der Waals surface area contributed by atoms with E-state index in [0.717, 1.165) is 66.7 Å². The molecule has 0 spiro atoms. The van der Waals surface area contributed by atoms with Crippen molar-refractivity contribution in [2.75, 3.05) is 0 Å². The first-order valence-corrected chi connectivity index (χ1v) is 24.0. The zero-order valence-electron chi connectivity index (χ0n) is 39.4. The largest absolute Gasteiger partial charge is 0.343 e. The van der Waals surface area contributed by atoms with Crippen molar-refractivity contribution >= 4 is 21.8 Å². The molecule has 0 saturated heterocycles. The van der Waals surface area contributed by atoms with Gasteiger partial charge in [0.15, 0.2) is 34.9 Å². The second-order valence-electron chi connectivity index (χ2n) is 18.7. The van der Waals surface area contributed by atoms with Gasteiger partial charge in [-0.05, 0) is 39.4 Å². The summed E-state index contributed by atoms with van der Waals surface area (Å²) in [6, 6.07) is 75.8. The summed E-state index contributed by atoms with van der Waals surface area (Å²) in [5, 5.41) is 2.41. The van der Waals surface area contributed by atoms with Gasteiger partial charge >= 0.3 is 0 Å². The van der Waals surface area contributed by atoms with Crippen LogP contribution >= 0.6 is 0 Å². The van der Waals surface area contributed by atoms with Crippen LogP contribution in [-0.4, -0.2) is 34.5 Å². The lowest BCUT2D eigenvalue weighted by molar-refractivity contribution is 0.666. The van der Waals surface area contributed by atoms with E-state index in [4.69, 9.17) is 29.9 Å². The molecule has 336 valence electrons. The number of hydrogen-bond donors (Lipinski definition) is 0. The number of rotatable bonds is 8. The van der Waals surface area contributed by atoms with Crippen molar-refractivity contribution in [1.29, 1.82) is 0 Å². The minimum Gasteiger partial charge on any atom is -0.343 e. The summed E-state index contributed by atoms with van der Waals surface area (Å²) in [6.45, 7) is 4.75. The molecule has 0 amide bonds. The molecule has 0 atom stereocenters. The van der Waals surface area contributed by atoms with Crippen molar-refractivity contribution < 1.29 is 0 Å². The molecule has 0 fully saturated rings. The van der Waals surface area contributed by atoms with Crippen LogP contribution in [0.2, 0.25) is 0 Å². The number of fused-ring (bicyclic) bond motifs is 7. The highest BCUT2D eigenvalue weighted by Crippen LogP contribution is 2.56. The maximum Gasteiger partial charge on any atom is 0.164 e. The van der Waals surface area contributed by atoms with Crippen molar-refractivity contribution in [3.8, 4) is 102 Å². The predicted molar refractivity (Wildman–Crippen MR) is 288 cm³/mol. The van der Waals surface area contributed by atoms with Gasteiger partial charge in [-0.2, -0.15) is 0 Å². The lowest BCUT2D eigenvalue weighted by Crippen LogP contribution is -2.15. The van der Waals surface area contributed by atoms with Gasteiger partial charge in [-0.1, -0.05) is 226 Å². The van der Waals surface area contributed by atoms with E-state index in [1.54, 1.807) is 0 Å².